The third kappa shape index (κ3) is 2.44. The van der Waals surface area contributed by atoms with Crippen LogP contribution >= 0.6 is 11.3 Å². The average molecular weight is 329 g/mol. The second-order valence-corrected chi connectivity index (χ2v) is 6.27. The number of amides is 1. The van der Waals surface area contributed by atoms with Crippen LogP contribution < -0.4 is 0 Å². The fraction of sp³-hybridized carbons (Fsp3) is 0.333. The lowest BCUT2D eigenvalue weighted by atomic mass is 10.2. The van der Waals surface area contributed by atoms with E-state index >= 15 is 0 Å². The van der Waals surface area contributed by atoms with Gasteiger partial charge in [-0.3, -0.25) is 4.79 Å². The van der Waals surface area contributed by atoms with E-state index in [9.17, 15) is 4.79 Å². The Bertz CT molecular complexity index is 836. The Morgan fingerprint density at radius 1 is 1.39 bits per heavy atom. The van der Waals surface area contributed by atoms with Crippen LogP contribution in [0.3, 0.4) is 0 Å². The van der Waals surface area contributed by atoms with Crippen molar-refractivity contribution in [2.45, 2.75) is 26.4 Å². The molecule has 4 rings (SSSR count). The van der Waals surface area contributed by atoms with E-state index in [1.165, 1.54) is 0 Å². The number of nitrogens with zero attached hydrogens (tertiary/aromatic N) is 5. The Kier molecular flexibility index (Phi) is 3.45. The summed E-state index contributed by atoms with van der Waals surface area (Å²) in [6, 6.07) is 5.58. The maximum absolute atomic E-state index is 12.6. The van der Waals surface area contributed by atoms with Crippen LogP contribution in [0.15, 0.2) is 28.1 Å². The molecule has 0 saturated heterocycles. The molecule has 0 saturated carbocycles. The molecule has 4 heterocycles. The number of rotatable bonds is 3. The van der Waals surface area contributed by atoms with Crippen LogP contribution in [0, 0.1) is 0 Å². The molecule has 3 aromatic rings. The quantitative estimate of drug-likeness (QED) is 0.736. The number of hydrogen-bond donors (Lipinski definition) is 0. The van der Waals surface area contributed by atoms with Crippen molar-refractivity contribution in [3.63, 3.8) is 0 Å². The van der Waals surface area contributed by atoms with E-state index in [4.69, 9.17) is 4.52 Å². The van der Waals surface area contributed by atoms with Gasteiger partial charge in [-0.05, 0) is 11.4 Å². The molecular weight excluding hydrogens is 314 g/mol. The molecule has 0 spiro atoms. The molecule has 23 heavy (non-hydrogen) atoms. The van der Waals surface area contributed by atoms with Gasteiger partial charge in [0.2, 0.25) is 0 Å². The maximum Gasteiger partial charge on any atom is 0.276 e. The minimum absolute atomic E-state index is 0.135. The normalized spacial score (nSPS) is 14.0. The number of aromatic nitrogens is 4. The van der Waals surface area contributed by atoms with Crippen molar-refractivity contribution in [2.75, 3.05) is 6.54 Å². The molecule has 0 fully saturated rings. The van der Waals surface area contributed by atoms with Crippen LogP contribution in [0.4, 0.5) is 0 Å². The van der Waals surface area contributed by atoms with Crippen LogP contribution in [0.5, 0.6) is 0 Å². The fourth-order valence-corrected chi connectivity index (χ4v) is 3.40. The monoisotopic (exact) mass is 329 g/mol. The van der Waals surface area contributed by atoms with Gasteiger partial charge >= 0.3 is 0 Å². The predicted octanol–water partition coefficient (Wildman–Crippen LogP) is 2.21. The molecule has 1 aliphatic heterocycles. The van der Waals surface area contributed by atoms with Gasteiger partial charge in [0, 0.05) is 25.6 Å². The summed E-state index contributed by atoms with van der Waals surface area (Å²) in [6.07, 6.45) is 0.842. The average Bonchev–Trinajstić information content (AvgIpc) is 3.31. The molecule has 0 aliphatic carbocycles. The van der Waals surface area contributed by atoms with Gasteiger partial charge in [-0.25, -0.2) is 0 Å². The summed E-state index contributed by atoms with van der Waals surface area (Å²) >= 11 is 1.55. The Labute approximate surface area is 136 Å². The summed E-state index contributed by atoms with van der Waals surface area (Å²) < 4.78 is 7.38. The highest BCUT2D eigenvalue weighted by molar-refractivity contribution is 7.13. The smallest absolute Gasteiger partial charge is 0.276 e. The van der Waals surface area contributed by atoms with Gasteiger partial charge in [0.1, 0.15) is 5.82 Å². The van der Waals surface area contributed by atoms with E-state index < -0.39 is 0 Å². The molecular formula is C15H15N5O2S. The van der Waals surface area contributed by atoms with Crippen molar-refractivity contribution in [2.24, 2.45) is 0 Å². The molecule has 7 nitrogen and oxygen atoms in total. The van der Waals surface area contributed by atoms with Crippen molar-refractivity contribution < 1.29 is 9.32 Å². The largest absolute Gasteiger partial charge is 0.355 e. The minimum atomic E-state index is -0.135. The standard InChI is InChI=1S/C15H15N5O2S/c1-2-13-16-17-14-9-19(5-6-20(13)14)15(21)10-8-11(22-18-10)12-4-3-7-23-12/h3-4,7-8H,2,5-6,9H2,1H3. The number of carbonyl (C=O) groups is 1. The van der Waals surface area contributed by atoms with E-state index in [1.807, 2.05) is 17.5 Å². The Hall–Kier alpha value is -2.48. The zero-order valence-electron chi connectivity index (χ0n) is 12.6. The van der Waals surface area contributed by atoms with Crippen molar-refractivity contribution in [3.05, 3.63) is 40.9 Å². The van der Waals surface area contributed by atoms with Gasteiger partial charge in [0.05, 0.1) is 11.4 Å². The highest BCUT2D eigenvalue weighted by Crippen LogP contribution is 2.26. The van der Waals surface area contributed by atoms with E-state index in [0.717, 1.165) is 22.9 Å². The number of hydrogen-bond acceptors (Lipinski definition) is 6. The highest BCUT2D eigenvalue weighted by Gasteiger charge is 2.27. The van der Waals surface area contributed by atoms with Crippen LogP contribution in [0.25, 0.3) is 10.6 Å². The van der Waals surface area contributed by atoms with Crippen LogP contribution in [0.1, 0.15) is 29.1 Å². The Balaban J connectivity index is 1.54. The summed E-state index contributed by atoms with van der Waals surface area (Å²) in [4.78, 5) is 15.3. The first-order chi connectivity index (χ1) is 11.3. The topological polar surface area (TPSA) is 77.0 Å². The zero-order chi connectivity index (χ0) is 15.8. The molecule has 0 bridgehead atoms. The van der Waals surface area contributed by atoms with Crippen LogP contribution in [-0.4, -0.2) is 37.3 Å². The SMILES string of the molecule is CCc1nnc2n1CCN(C(=O)c1cc(-c3cccs3)on1)C2. The van der Waals surface area contributed by atoms with Crippen LogP contribution in [-0.2, 0) is 19.5 Å². The molecule has 118 valence electrons. The van der Waals surface area contributed by atoms with Crippen molar-refractivity contribution in [1.82, 2.24) is 24.8 Å². The van der Waals surface area contributed by atoms with Gasteiger partial charge in [-0.15, -0.1) is 21.5 Å². The molecule has 0 unspecified atom stereocenters. The molecule has 1 amide bonds. The molecule has 1 aliphatic rings. The number of thiophene rings is 1. The molecule has 3 aromatic heterocycles. The first kappa shape index (κ1) is 14.1. The van der Waals surface area contributed by atoms with E-state index in [1.54, 1.807) is 22.3 Å². The Morgan fingerprint density at radius 3 is 3.09 bits per heavy atom. The third-order valence-electron chi connectivity index (χ3n) is 3.93. The lowest BCUT2D eigenvalue weighted by molar-refractivity contribution is 0.0696. The lowest BCUT2D eigenvalue weighted by Gasteiger charge is -2.27. The summed E-state index contributed by atoms with van der Waals surface area (Å²) in [5.41, 5.74) is 0.331. The van der Waals surface area contributed by atoms with Crippen LogP contribution in [0.2, 0.25) is 0 Å². The zero-order valence-corrected chi connectivity index (χ0v) is 13.4. The fourth-order valence-electron chi connectivity index (χ4n) is 2.73. The van der Waals surface area contributed by atoms with Gasteiger partial charge in [0.15, 0.2) is 17.3 Å². The molecule has 0 aromatic carbocycles. The molecule has 0 radical (unpaired) electrons. The third-order valence-corrected chi connectivity index (χ3v) is 4.81. The van der Waals surface area contributed by atoms with Gasteiger partial charge in [-0.2, -0.15) is 0 Å². The first-order valence-electron chi connectivity index (χ1n) is 7.47. The second-order valence-electron chi connectivity index (χ2n) is 5.32. The molecule has 8 heteroatoms. The van der Waals surface area contributed by atoms with Crippen molar-refractivity contribution in [1.29, 1.82) is 0 Å². The van der Waals surface area contributed by atoms with E-state index in [-0.39, 0.29) is 5.91 Å². The predicted molar refractivity (Wildman–Crippen MR) is 84.0 cm³/mol. The van der Waals surface area contributed by atoms with E-state index in [2.05, 4.69) is 26.8 Å². The summed E-state index contributed by atoms with van der Waals surface area (Å²) in [7, 11) is 0. The molecule has 0 N–H and O–H groups in total. The summed E-state index contributed by atoms with van der Waals surface area (Å²) in [5, 5.41) is 14.2. The summed E-state index contributed by atoms with van der Waals surface area (Å²) in [5.74, 6) is 2.28. The van der Waals surface area contributed by atoms with Crippen molar-refractivity contribution in [3.8, 4) is 10.6 Å². The first-order valence-corrected chi connectivity index (χ1v) is 8.35. The number of fused-ring (bicyclic) bond motifs is 1. The maximum atomic E-state index is 12.6. The second kappa shape index (κ2) is 5.62. The minimum Gasteiger partial charge on any atom is -0.355 e. The van der Waals surface area contributed by atoms with Gasteiger partial charge < -0.3 is 14.0 Å². The highest BCUT2D eigenvalue weighted by atomic mass is 32.1. The summed E-state index contributed by atoms with van der Waals surface area (Å²) in [6.45, 7) is 3.84. The van der Waals surface area contributed by atoms with Gasteiger partial charge in [0.25, 0.3) is 5.91 Å². The van der Waals surface area contributed by atoms with E-state index in [0.29, 0.717) is 31.1 Å². The Morgan fingerprint density at radius 2 is 2.30 bits per heavy atom. The van der Waals surface area contributed by atoms with Gasteiger partial charge in [-0.1, -0.05) is 18.1 Å². The van der Waals surface area contributed by atoms with Crippen molar-refractivity contribution >= 4 is 17.2 Å². The lowest BCUT2D eigenvalue weighted by Crippen LogP contribution is -2.38. The molecule has 0 atom stereocenters. The number of aryl methyl sites for hydroxylation is 1. The number of carbonyl (C=O) groups excluding carboxylic acids is 1.